The van der Waals surface area contributed by atoms with E-state index in [1.165, 1.54) is 5.56 Å². The number of carbonyl (C=O) groups is 1. The average molecular weight is 316 g/mol. The van der Waals surface area contributed by atoms with Gasteiger partial charge in [0.2, 0.25) is 0 Å². The molecule has 0 bridgehead atoms. The summed E-state index contributed by atoms with van der Waals surface area (Å²) in [6.07, 6.45) is 5.36. The summed E-state index contributed by atoms with van der Waals surface area (Å²) in [5, 5.41) is 2.89. The van der Waals surface area contributed by atoms with Crippen LogP contribution in [0.25, 0.3) is 0 Å². The van der Waals surface area contributed by atoms with Gasteiger partial charge >= 0.3 is 6.03 Å². The van der Waals surface area contributed by atoms with Crippen molar-refractivity contribution in [3.05, 3.63) is 35.9 Å². The van der Waals surface area contributed by atoms with Gasteiger partial charge in [0.05, 0.1) is 5.60 Å². The Hall–Kier alpha value is -1.55. The van der Waals surface area contributed by atoms with E-state index >= 15 is 0 Å². The van der Waals surface area contributed by atoms with Gasteiger partial charge in [-0.3, -0.25) is 0 Å². The summed E-state index contributed by atoms with van der Waals surface area (Å²) in [5.41, 5.74) is 1.43. The normalized spacial score (nSPS) is 23.7. The molecular weight excluding hydrogens is 288 g/mol. The first-order valence-electron chi connectivity index (χ1n) is 8.91. The lowest BCUT2D eigenvalue weighted by atomic mass is 9.77. The predicted octanol–water partition coefficient (Wildman–Crippen LogP) is 3.22. The number of nitrogens with zero attached hydrogens (tertiary/aromatic N) is 1. The van der Waals surface area contributed by atoms with Crippen LogP contribution in [0.4, 0.5) is 4.79 Å². The molecule has 2 aliphatic rings. The van der Waals surface area contributed by atoms with Gasteiger partial charge in [0.15, 0.2) is 0 Å². The van der Waals surface area contributed by atoms with Crippen molar-refractivity contribution in [2.24, 2.45) is 5.92 Å². The van der Waals surface area contributed by atoms with Gasteiger partial charge in [0, 0.05) is 26.2 Å². The minimum Gasteiger partial charge on any atom is -0.375 e. The number of benzene rings is 1. The maximum absolute atomic E-state index is 11.9. The summed E-state index contributed by atoms with van der Waals surface area (Å²) in [4.78, 5) is 13.9. The zero-order chi connectivity index (χ0) is 16.1. The molecule has 4 nitrogen and oxygen atoms in total. The van der Waals surface area contributed by atoms with E-state index in [1.54, 1.807) is 0 Å². The van der Waals surface area contributed by atoms with Crippen LogP contribution < -0.4 is 5.32 Å². The Labute approximate surface area is 139 Å². The minimum atomic E-state index is 0.000686. The number of hydrogen-bond acceptors (Lipinski definition) is 2. The highest BCUT2D eigenvalue weighted by molar-refractivity contribution is 5.74. The molecule has 0 aromatic heterocycles. The Morgan fingerprint density at radius 2 is 2.04 bits per heavy atom. The smallest absolute Gasteiger partial charge is 0.317 e. The topological polar surface area (TPSA) is 41.6 Å². The van der Waals surface area contributed by atoms with Crippen molar-refractivity contribution in [3.63, 3.8) is 0 Å². The minimum absolute atomic E-state index is 0.000686. The fraction of sp³-hybridized carbons (Fsp3) is 0.632. The number of urea groups is 1. The third-order valence-corrected chi connectivity index (χ3v) is 5.25. The molecule has 1 aromatic carbocycles. The SMILES string of the molecule is CCNC(=O)N1CCC2(CC1)CC(Cc1ccccc1)CCO2. The van der Waals surface area contributed by atoms with Crippen molar-refractivity contribution in [3.8, 4) is 0 Å². The maximum Gasteiger partial charge on any atom is 0.317 e. The Kier molecular flexibility index (Phi) is 5.21. The van der Waals surface area contributed by atoms with Gasteiger partial charge in [0.25, 0.3) is 0 Å². The Morgan fingerprint density at radius 1 is 1.30 bits per heavy atom. The molecule has 2 saturated heterocycles. The van der Waals surface area contributed by atoms with E-state index in [-0.39, 0.29) is 11.6 Å². The molecule has 1 aromatic rings. The fourth-order valence-corrected chi connectivity index (χ4v) is 3.98. The number of likely N-dealkylation sites (tertiary alicyclic amines) is 1. The molecule has 2 heterocycles. The Bertz CT molecular complexity index is 509. The molecule has 3 rings (SSSR count). The van der Waals surface area contributed by atoms with Crippen LogP contribution in [0, 0.1) is 5.92 Å². The number of nitrogens with one attached hydrogen (secondary N) is 1. The average Bonchev–Trinajstić information content (AvgIpc) is 2.57. The lowest BCUT2D eigenvalue weighted by Gasteiger charge is -2.46. The monoisotopic (exact) mass is 316 g/mol. The molecule has 1 unspecified atom stereocenters. The summed E-state index contributed by atoms with van der Waals surface area (Å²) < 4.78 is 6.20. The van der Waals surface area contributed by atoms with Crippen LogP contribution in [-0.2, 0) is 11.2 Å². The molecule has 2 aliphatic heterocycles. The van der Waals surface area contributed by atoms with Crippen LogP contribution in [0.1, 0.15) is 38.2 Å². The van der Waals surface area contributed by atoms with Crippen molar-refractivity contribution in [2.75, 3.05) is 26.2 Å². The van der Waals surface area contributed by atoms with E-state index in [0.717, 1.165) is 51.8 Å². The molecule has 2 fully saturated rings. The molecule has 0 aliphatic carbocycles. The highest BCUT2D eigenvalue weighted by Gasteiger charge is 2.40. The highest BCUT2D eigenvalue weighted by Crippen LogP contribution is 2.38. The van der Waals surface area contributed by atoms with Gasteiger partial charge in [0.1, 0.15) is 0 Å². The molecule has 1 atom stereocenters. The van der Waals surface area contributed by atoms with E-state index in [1.807, 2.05) is 11.8 Å². The molecule has 1 N–H and O–H groups in total. The van der Waals surface area contributed by atoms with Crippen LogP contribution in [0.3, 0.4) is 0 Å². The maximum atomic E-state index is 11.9. The van der Waals surface area contributed by atoms with Gasteiger partial charge in [-0.15, -0.1) is 0 Å². The van der Waals surface area contributed by atoms with Crippen molar-refractivity contribution in [2.45, 2.75) is 44.6 Å². The number of ether oxygens (including phenoxy) is 1. The first-order valence-corrected chi connectivity index (χ1v) is 8.91. The zero-order valence-corrected chi connectivity index (χ0v) is 14.1. The molecular formula is C19H28N2O2. The first-order chi connectivity index (χ1) is 11.2. The van der Waals surface area contributed by atoms with Crippen molar-refractivity contribution in [1.29, 1.82) is 0 Å². The zero-order valence-electron chi connectivity index (χ0n) is 14.1. The van der Waals surface area contributed by atoms with Crippen molar-refractivity contribution < 1.29 is 9.53 Å². The summed E-state index contributed by atoms with van der Waals surface area (Å²) in [7, 11) is 0. The van der Waals surface area contributed by atoms with E-state index in [0.29, 0.717) is 12.5 Å². The molecule has 4 heteroatoms. The molecule has 0 saturated carbocycles. The lowest BCUT2D eigenvalue weighted by molar-refractivity contribution is -0.122. The predicted molar refractivity (Wildman–Crippen MR) is 91.4 cm³/mol. The molecule has 2 amide bonds. The Balaban J connectivity index is 1.55. The van der Waals surface area contributed by atoms with Crippen LogP contribution >= 0.6 is 0 Å². The summed E-state index contributed by atoms with van der Waals surface area (Å²) in [5.74, 6) is 0.696. The van der Waals surface area contributed by atoms with E-state index in [2.05, 4.69) is 35.6 Å². The van der Waals surface area contributed by atoms with E-state index < -0.39 is 0 Å². The number of amides is 2. The van der Waals surface area contributed by atoms with Crippen LogP contribution in [0.2, 0.25) is 0 Å². The molecule has 23 heavy (non-hydrogen) atoms. The van der Waals surface area contributed by atoms with Gasteiger partial charge in [-0.2, -0.15) is 0 Å². The van der Waals surface area contributed by atoms with Crippen LogP contribution in [0.15, 0.2) is 30.3 Å². The van der Waals surface area contributed by atoms with Gasteiger partial charge in [-0.25, -0.2) is 4.79 Å². The van der Waals surface area contributed by atoms with E-state index in [4.69, 9.17) is 4.74 Å². The summed E-state index contributed by atoms with van der Waals surface area (Å²) >= 11 is 0. The molecule has 1 spiro atoms. The number of hydrogen-bond donors (Lipinski definition) is 1. The Morgan fingerprint density at radius 3 is 2.74 bits per heavy atom. The second-order valence-corrected chi connectivity index (χ2v) is 6.90. The van der Waals surface area contributed by atoms with E-state index in [9.17, 15) is 4.79 Å². The van der Waals surface area contributed by atoms with Crippen molar-refractivity contribution in [1.82, 2.24) is 10.2 Å². The lowest BCUT2D eigenvalue weighted by Crippen LogP contribution is -2.53. The number of piperidine rings is 1. The van der Waals surface area contributed by atoms with Crippen LogP contribution in [0.5, 0.6) is 0 Å². The standard InChI is InChI=1S/C19H28N2O2/c1-2-20-18(22)21-11-9-19(10-12-21)15-17(8-13-23-19)14-16-6-4-3-5-7-16/h3-7,17H,2,8-15H2,1H3,(H,20,22). The quantitative estimate of drug-likeness (QED) is 0.930. The second-order valence-electron chi connectivity index (χ2n) is 6.90. The van der Waals surface area contributed by atoms with Crippen LogP contribution in [-0.4, -0.2) is 42.8 Å². The fourth-order valence-electron chi connectivity index (χ4n) is 3.98. The van der Waals surface area contributed by atoms with Gasteiger partial charge in [-0.1, -0.05) is 30.3 Å². The largest absolute Gasteiger partial charge is 0.375 e. The number of carbonyl (C=O) groups excluding carboxylic acids is 1. The first kappa shape index (κ1) is 16.3. The summed E-state index contributed by atoms with van der Waals surface area (Å²) in [6, 6.07) is 10.8. The van der Waals surface area contributed by atoms with Gasteiger partial charge < -0.3 is 15.0 Å². The highest BCUT2D eigenvalue weighted by atomic mass is 16.5. The number of rotatable bonds is 3. The molecule has 126 valence electrons. The third-order valence-electron chi connectivity index (χ3n) is 5.25. The third kappa shape index (κ3) is 4.05. The second kappa shape index (κ2) is 7.35. The van der Waals surface area contributed by atoms with Crippen molar-refractivity contribution >= 4 is 6.03 Å². The van der Waals surface area contributed by atoms with Gasteiger partial charge in [-0.05, 0) is 50.5 Å². The molecule has 0 radical (unpaired) electrons. The summed E-state index contributed by atoms with van der Waals surface area (Å²) in [6.45, 7) is 5.13.